The molecule has 2 saturated carbocycles. The molecule has 0 radical (unpaired) electrons. The second kappa shape index (κ2) is 10.4. The van der Waals surface area contributed by atoms with Gasteiger partial charge in [0.25, 0.3) is 0 Å². The van der Waals surface area contributed by atoms with E-state index in [9.17, 15) is 14.0 Å². The van der Waals surface area contributed by atoms with Crippen LogP contribution in [0.4, 0.5) is 9.18 Å². The average Bonchev–Trinajstić information content (AvgIpc) is 3.15. The molecule has 3 fully saturated rings. The summed E-state index contributed by atoms with van der Waals surface area (Å²) in [4.78, 5) is 29.2. The summed E-state index contributed by atoms with van der Waals surface area (Å²) >= 11 is 0. The van der Waals surface area contributed by atoms with Gasteiger partial charge in [0, 0.05) is 23.7 Å². The molecule has 1 amide bonds. The van der Waals surface area contributed by atoms with Gasteiger partial charge in [-0.2, -0.15) is 0 Å². The zero-order chi connectivity index (χ0) is 25.2. The number of fused-ring (bicyclic) bond motifs is 2. The van der Waals surface area contributed by atoms with Crippen molar-refractivity contribution in [2.24, 2.45) is 29.6 Å². The lowest BCUT2D eigenvalue weighted by atomic mass is 9.57. The van der Waals surface area contributed by atoms with Crippen molar-refractivity contribution in [3.63, 3.8) is 0 Å². The Morgan fingerprint density at radius 1 is 1.22 bits per heavy atom. The summed E-state index contributed by atoms with van der Waals surface area (Å²) in [6.45, 7) is 4.15. The fourth-order valence-electron chi connectivity index (χ4n) is 6.64. The van der Waals surface area contributed by atoms with Gasteiger partial charge in [0.2, 0.25) is 0 Å². The lowest BCUT2D eigenvalue weighted by Gasteiger charge is -2.47. The van der Waals surface area contributed by atoms with Crippen LogP contribution in [0.25, 0.3) is 17.2 Å². The Kier molecular flexibility index (Phi) is 7.08. The van der Waals surface area contributed by atoms with Crippen molar-refractivity contribution in [3.8, 4) is 11.1 Å². The first-order valence-electron chi connectivity index (χ1n) is 13.0. The summed E-state index contributed by atoms with van der Waals surface area (Å²) in [5, 5.41) is 3.00. The van der Waals surface area contributed by atoms with Crippen LogP contribution in [-0.4, -0.2) is 35.8 Å². The van der Waals surface area contributed by atoms with E-state index in [-0.39, 0.29) is 47.8 Å². The van der Waals surface area contributed by atoms with Crippen molar-refractivity contribution in [3.05, 3.63) is 60.2 Å². The Morgan fingerprint density at radius 2 is 2.08 bits per heavy atom. The van der Waals surface area contributed by atoms with Crippen LogP contribution in [-0.2, 0) is 14.3 Å². The van der Waals surface area contributed by atoms with Crippen molar-refractivity contribution < 1.29 is 23.5 Å². The maximum Gasteiger partial charge on any atom is 0.407 e. The molecule has 0 unspecified atom stereocenters. The third-order valence-electron chi connectivity index (χ3n) is 8.18. The fraction of sp³-hybridized carbons (Fsp3) is 0.483. The van der Waals surface area contributed by atoms with Crippen LogP contribution in [0.5, 0.6) is 0 Å². The first kappa shape index (κ1) is 24.5. The summed E-state index contributed by atoms with van der Waals surface area (Å²) in [5.41, 5.74) is 2.48. The number of amides is 1. The molecule has 1 saturated heterocycles. The van der Waals surface area contributed by atoms with Gasteiger partial charge in [-0.25, -0.2) is 9.18 Å². The number of hydrogen-bond donors (Lipinski definition) is 1. The molecule has 2 aliphatic carbocycles. The summed E-state index contributed by atoms with van der Waals surface area (Å²) in [6, 6.07) is 10.4. The minimum Gasteiger partial charge on any atom is -0.462 e. The highest BCUT2D eigenvalue weighted by molar-refractivity contribution is 5.75. The molecule has 7 atom stereocenters. The van der Waals surface area contributed by atoms with Crippen LogP contribution in [0.2, 0.25) is 0 Å². The second-order valence-electron chi connectivity index (χ2n) is 10.3. The second-order valence-corrected chi connectivity index (χ2v) is 10.3. The number of esters is 1. The van der Waals surface area contributed by atoms with Gasteiger partial charge in [-0.3, -0.25) is 9.78 Å². The van der Waals surface area contributed by atoms with Crippen LogP contribution in [0.3, 0.4) is 0 Å². The summed E-state index contributed by atoms with van der Waals surface area (Å²) < 4.78 is 24.3. The number of benzene rings is 1. The SMILES string of the molecule is CCOC(=O)N[C@@H]1CC[C@@H]2[C@@H](C1)C[C@@H]1C(=O)O[C@@H](C)[C@@H]1[C@@H]2C=Cc1ccc(-c2cccc(F)c2)cn1. The van der Waals surface area contributed by atoms with Gasteiger partial charge >= 0.3 is 12.1 Å². The molecular weight excluding hydrogens is 459 g/mol. The maximum atomic E-state index is 13.6. The number of allylic oxidation sites excluding steroid dienone is 1. The highest BCUT2D eigenvalue weighted by atomic mass is 19.1. The maximum absolute atomic E-state index is 13.6. The molecule has 2 heterocycles. The molecule has 3 aliphatic rings. The van der Waals surface area contributed by atoms with E-state index in [0.717, 1.165) is 42.5 Å². The average molecular weight is 493 g/mol. The van der Waals surface area contributed by atoms with Gasteiger partial charge in [0.15, 0.2) is 0 Å². The van der Waals surface area contributed by atoms with Gasteiger partial charge in [-0.1, -0.05) is 24.3 Å². The van der Waals surface area contributed by atoms with E-state index < -0.39 is 0 Å². The van der Waals surface area contributed by atoms with Crippen molar-refractivity contribution in [2.45, 2.75) is 51.7 Å². The van der Waals surface area contributed by atoms with Crippen LogP contribution in [0.1, 0.15) is 45.2 Å². The number of hydrogen-bond acceptors (Lipinski definition) is 5. The number of aromatic nitrogens is 1. The van der Waals surface area contributed by atoms with Gasteiger partial charge in [-0.05, 0) is 87.1 Å². The van der Waals surface area contributed by atoms with Gasteiger partial charge in [-0.15, -0.1) is 0 Å². The monoisotopic (exact) mass is 492 g/mol. The molecule has 36 heavy (non-hydrogen) atoms. The van der Waals surface area contributed by atoms with Crippen molar-refractivity contribution in [1.29, 1.82) is 0 Å². The Hall–Kier alpha value is -3.22. The first-order chi connectivity index (χ1) is 17.4. The number of halogens is 1. The third kappa shape index (κ3) is 5.01. The van der Waals surface area contributed by atoms with E-state index in [0.29, 0.717) is 18.4 Å². The number of rotatable bonds is 5. The summed E-state index contributed by atoms with van der Waals surface area (Å²) in [6.07, 6.45) is 9.07. The molecule has 1 aromatic carbocycles. The Balaban J connectivity index is 1.34. The van der Waals surface area contributed by atoms with Crippen molar-refractivity contribution >= 4 is 18.1 Å². The number of carbonyl (C=O) groups excluding carboxylic acids is 2. The molecule has 5 rings (SSSR count). The minimum absolute atomic E-state index is 0.0679. The number of nitrogens with one attached hydrogen (secondary N) is 1. The Labute approximate surface area is 211 Å². The number of carbonyl (C=O) groups is 2. The van der Waals surface area contributed by atoms with Crippen LogP contribution in [0, 0.1) is 35.4 Å². The summed E-state index contributed by atoms with van der Waals surface area (Å²) in [7, 11) is 0. The molecular formula is C29H33FN2O4. The standard InChI is InChI=1S/C29H33FN2O4/c1-3-35-29(34)32-23-10-11-24-20(14-23)15-26-27(17(2)36-28(26)33)25(24)12-9-22-8-7-19(16-31-22)18-5-4-6-21(30)13-18/h4-9,12-13,16-17,20,23-27H,3,10-11,14-15H2,1-2H3,(H,32,34)/t17-,20-,23+,24+,25+,26-,27+/m0/s1. The highest BCUT2D eigenvalue weighted by Gasteiger charge is 2.54. The predicted molar refractivity (Wildman–Crippen MR) is 134 cm³/mol. The topological polar surface area (TPSA) is 77.5 Å². The number of cyclic esters (lactones) is 1. The fourth-order valence-corrected chi connectivity index (χ4v) is 6.64. The zero-order valence-electron chi connectivity index (χ0n) is 20.7. The normalized spacial score (nSPS) is 31.4. The molecule has 190 valence electrons. The zero-order valence-corrected chi connectivity index (χ0v) is 20.7. The van der Waals surface area contributed by atoms with Crippen LogP contribution < -0.4 is 5.32 Å². The smallest absolute Gasteiger partial charge is 0.407 e. The molecule has 1 N–H and O–H groups in total. The van der Waals surface area contributed by atoms with E-state index in [1.807, 2.05) is 31.2 Å². The van der Waals surface area contributed by atoms with Crippen molar-refractivity contribution in [2.75, 3.05) is 6.61 Å². The predicted octanol–water partition coefficient (Wildman–Crippen LogP) is 5.63. The quantitative estimate of drug-likeness (QED) is 0.548. The molecule has 1 aromatic heterocycles. The van der Waals surface area contributed by atoms with Gasteiger partial charge in [0.1, 0.15) is 11.9 Å². The van der Waals surface area contributed by atoms with E-state index in [1.54, 1.807) is 19.2 Å². The lowest BCUT2D eigenvalue weighted by molar-refractivity contribution is -0.144. The molecule has 1 aliphatic heterocycles. The molecule has 7 heteroatoms. The number of nitrogens with zero attached hydrogens (tertiary/aromatic N) is 1. The van der Waals surface area contributed by atoms with Crippen LogP contribution >= 0.6 is 0 Å². The third-order valence-corrected chi connectivity index (χ3v) is 8.18. The molecule has 6 nitrogen and oxygen atoms in total. The minimum atomic E-state index is -0.368. The Morgan fingerprint density at radius 3 is 2.83 bits per heavy atom. The van der Waals surface area contributed by atoms with Crippen LogP contribution in [0.15, 0.2) is 48.7 Å². The summed E-state index contributed by atoms with van der Waals surface area (Å²) in [5.74, 6) is 0.629. The number of alkyl carbamates (subject to hydrolysis) is 1. The Bertz CT molecular complexity index is 1130. The van der Waals surface area contributed by atoms with E-state index in [2.05, 4.69) is 16.4 Å². The molecule has 2 aromatic rings. The first-order valence-corrected chi connectivity index (χ1v) is 13.0. The largest absolute Gasteiger partial charge is 0.462 e. The highest BCUT2D eigenvalue weighted by Crippen LogP contribution is 2.53. The molecule has 0 spiro atoms. The lowest BCUT2D eigenvalue weighted by Crippen LogP contribution is -2.48. The van der Waals surface area contributed by atoms with E-state index in [4.69, 9.17) is 9.47 Å². The van der Waals surface area contributed by atoms with Gasteiger partial charge in [0.05, 0.1) is 18.2 Å². The van der Waals surface area contributed by atoms with Crippen molar-refractivity contribution in [1.82, 2.24) is 10.3 Å². The van der Waals surface area contributed by atoms with Gasteiger partial charge < -0.3 is 14.8 Å². The number of pyridine rings is 1. The van der Waals surface area contributed by atoms with E-state index >= 15 is 0 Å². The van der Waals surface area contributed by atoms with E-state index in [1.165, 1.54) is 12.1 Å². The molecule has 0 bridgehead atoms. The number of ether oxygens (including phenoxy) is 2.